The average Bonchev–Trinajstić information content (AvgIpc) is 3.24. The Kier molecular flexibility index (Phi) is 5.98. The first-order chi connectivity index (χ1) is 17.2. The molecule has 10 nitrogen and oxygen atoms in total. The van der Waals surface area contributed by atoms with E-state index in [1.165, 1.54) is 0 Å². The smallest absolute Gasteiger partial charge is 0.303 e. The van der Waals surface area contributed by atoms with Gasteiger partial charge in [-0.1, -0.05) is 29.8 Å². The molecule has 2 aromatic carbocycles. The number of carbonyl (C=O) groups excluding carboxylic acids is 2. The van der Waals surface area contributed by atoms with Crippen molar-refractivity contribution in [3.63, 3.8) is 0 Å². The van der Waals surface area contributed by atoms with E-state index in [-0.39, 0.29) is 25.5 Å². The molecule has 12 heteroatoms. The van der Waals surface area contributed by atoms with Crippen molar-refractivity contribution in [3.05, 3.63) is 58.9 Å². The summed E-state index contributed by atoms with van der Waals surface area (Å²) in [6.45, 7) is 1.74. The highest BCUT2D eigenvalue weighted by atomic mass is 35.5. The van der Waals surface area contributed by atoms with E-state index in [4.69, 9.17) is 21.8 Å². The summed E-state index contributed by atoms with van der Waals surface area (Å²) in [6, 6.07) is 14.9. The fraction of sp³-hybridized carbons (Fsp3) is 0.333. The molecule has 36 heavy (non-hydrogen) atoms. The Hall–Kier alpha value is -3.46. The van der Waals surface area contributed by atoms with Crippen LogP contribution in [0, 0.1) is 11.3 Å². The van der Waals surface area contributed by atoms with Crippen molar-refractivity contribution in [2.24, 2.45) is 0 Å². The van der Waals surface area contributed by atoms with Crippen LogP contribution in [0.15, 0.2) is 42.5 Å². The number of nitriles is 1. The van der Waals surface area contributed by atoms with Crippen LogP contribution in [0.3, 0.4) is 0 Å². The van der Waals surface area contributed by atoms with Crippen LogP contribution in [0.5, 0.6) is 0 Å². The van der Waals surface area contributed by atoms with E-state index in [1.807, 2.05) is 39.6 Å². The molecular formula is C24H23ClN6O4S. The molecular weight excluding hydrogens is 504 g/mol. The summed E-state index contributed by atoms with van der Waals surface area (Å²) in [7, 11) is -4.02. The Morgan fingerprint density at radius 1 is 1.25 bits per heavy atom. The van der Waals surface area contributed by atoms with Crippen molar-refractivity contribution < 1.29 is 18.0 Å². The molecule has 1 saturated heterocycles. The normalized spacial score (nSPS) is 16.7. The summed E-state index contributed by atoms with van der Waals surface area (Å²) in [6.07, 6.45) is 1.02. The van der Waals surface area contributed by atoms with Crippen LogP contribution in [-0.2, 0) is 38.3 Å². The number of aryl methyl sites for hydroxylation is 1. The number of carbonyl (C=O) groups is 2. The number of para-hydroxylation sites is 1. The number of fused-ring (bicyclic) bond motifs is 3. The zero-order valence-electron chi connectivity index (χ0n) is 19.4. The molecule has 2 aliphatic heterocycles. The summed E-state index contributed by atoms with van der Waals surface area (Å²) in [5.41, 5.74) is 1.98. The van der Waals surface area contributed by atoms with Crippen molar-refractivity contribution in [3.8, 4) is 6.07 Å². The maximum atomic E-state index is 13.8. The molecule has 0 bridgehead atoms. The molecule has 0 saturated carbocycles. The van der Waals surface area contributed by atoms with E-state index in [1.54, 1.807) is 17.0 Å². The van der Waals surface area contributed by atoms with Crippen LogP contribution in [0.1, 0.15) is 31.2 Å². The number of nitrogens with one attached hydrogen (secondary N) is 1. The highest BCUT2D eigenvalue weighted by Gasteiger charge is 2.60. The summed E-state index contributed by atoms with van der Waals surface area (Å²) in [4.78, 5) is 31.5. The lowest BCUT2D eigenvalue weighted by atomic mass is 9.76. The Morgan fingerprint density at radius 2 is 2.00 bits per heavy atom. The van der Waals surface area contributed by atoms with Gasteiger partial charge < -0.3 is 9.47 Å². The minimum Gasteiger partial charge on any atom is -0.326 e. The number of benzene rings is 2. The topological polar surface area (TPSA) is 128 Å². The van der Waals surface area contributed by atoms with E-state index in [0.717, 1.165) is 22.3 Å². The molecule has 0 atom stereocenters. The number of unbranched alkanes of at least 4 members (excludes halogenated alkanes) is 1. The Labute approximate surface area is 213 Å². The third-order valence-electron chi connectivity index (χ3n) is 6.63. The lowest BCUT2D eigenvalue weighted by Crippen LogP contribution is -2.67. The van der Waals surface area contributed by atoms with E-state index in [2.05, 4.69) is 6.07 Å². The Bertz CT molecular complexity index is 1540. The number of hydrogen-bond acceptors (Lipinski definition) is 6. The van der Waals surface area contributed by atoms with Crippen LogP contribution >= 0.6 is 11.6 Å². The number of imidazole rings is 1. The van der Waals surface area contributed by atoms with Crippen molar-refractivity contribution in [1.82, 2.24) is 18.6 Å². The predicted octanol–water partition coefficient (Wildman–Crippen LogP) is 2.47. The van der Waals surface area contributed by atoms with Gasteiger partial charge in [0.05, 0.1) is 23.6 Å². The van der Waals surface area contributed by atoms with Gasteiger partial charge in [0.15, 0.2) is 0 Å². The molecule has 1 aromatic heterocycles. The average molecular weight is 527 g/mol. The number of aromatic nitrogens is 2. The SMILES string of the molecule is CC(=O)NS(=O)(=O)N1CC2(C1)C(=O)N(Cc1nc3cc(Cl)ccc3n1CCCC#N)c1ccccc12. The minimum atomic E-state index is -4.02. The first-order valence-electron chi connectivity index (χ1n) is 11.4. The van der Waals surface area contributed by atoms with E-state index < -0.39 is 21.5 Å². The fourth-order valence-corrected chi connectivity index (χ4v) is 6.45. The number of rotatable bonds is 7. The highest BCUT2D eigenvalue weighted by molar-refractivity contribution is 7.87. The quantitative estimate of drug-likeness (QED) is 0.471. The third kappa shape index (κ3) is 3.91. The molecule has 0 unspecified atom stereocenters. The van der Waals surface area contributed by atoms with Gasteiger partial charge in [0, 0.05) is 43.7 Å². The summed E-state index contributed by atoms with van der Waals surface area (Å²) < 4.78 is 30.0. The number of anilines is 1. The number of halogens is 1. The van der Waals surface area contributed by atoms with Gasteiger partial charge in [0.2, 0.25) is 11.8 Å². The summed E-state index contributed by atoms with van der Waals surface area (Å²) >= 11 is 6.18. The standard InChI is InChI=1S/C24H23ClN6O4S/c1-16(32)28-36(34,35)29-14-24(15-29)18-6-2-3-7-20(18)31(23(24)33)13-22-27-19-12-17(25)8-9-21(19)30(22)11-5-4-10-26/h2-3,6-9,12H,4-5,11,13-15H2,1H3,(H,28,32). The first-order valence-corrected chi connectivity index (χ1v) is 13.2. The van der Waals surface area contributed by atoms with Crippen LogP contribution in [0.4, 0.5) is 5.69 Å². The zero-order chi connectivity index (χ0) is 25.7. The second kappa shape index (κ2) is 8.89. The largest absolute Gasteiger partial charge is 0.326 e. The van der Waals surface area contributed by atoms with Gasteiger partial charge in [0.1, 0.15) is 11.2 Å². The molecule has 1 fully saturated rings. The van der Waals surface area contributed by atoms with Gasteiger partial charge in [-0.25, -0.2) is 9.71 Å². The van der Waals surface area contributed by atoms with Crippen molar-refractivity contribution >= 4 is 50.3 Å². The van der Waals surface area contributed by atoms with E-state index in [0.29, 0.717) is 41.4 Å². The zero-order valence-corrected chi connectivity index (χ0v) is 21.0. The highest BCUT2D eigenvalue weighted by Crippen LogP contribution is 2.48. The third-order valence-corrected chi connectivity index (χ3v) is 8.35. The maximum Gasteiger partial charge on any atom is 0.303 e. The number of nitrogens with zero attached hydrogens (tertiary/aromatic N) is 5. The summed E-state index contributed by atoms with van der Waals surface area (Å²) in [5.74, 6) is -0.259. The Balaban J connectivity index is 1.49. The number of hydrogen-bond donors (Lipinski definition) is 1. The van der Waals surface area contributed by atoms with Gasteiger partial charge in [0.25, 0.3) is 0 Å². The molecule has 3 aromatic rings. The van der Waals surface area contributed by atoms with E-state index >= 15 is 0 Å². The minimum absolute atomic E-state index is 0.0594. The lowest BCUT2D eigenvalue weighted by Gasteiger charge is -2.45. The maximum absolute atomic E-state index is 13.8. The number of amides is 2. The van der Waals surface area contributed by atoms with Crippen LogP contribution < -0.4 is 9.62 Å². The Morgan fingerprint density at radius 3 is 2.72 bits per heavy atom. The van der Waals surface area contributed by atoms with Crippen molar-refractivity contribution in [1.29, 1.82) is 5.26 Å². The molecule has 3 heterocycles. The van der Waals surface area contributed by atoms with E-state index in [9.17, 15) is 18.0 Å². The lowest BCUT2D eigenvalue weighted by molar-refractivity contribution is -0.127. The van der Waals surface area contributed by atoms with Gasteiger partial charge in [-0.05, 0) is 36.2 Å². The van der Waals surface area contributed by atoms with Gasteiger partial charge in [-0.2, -0.15) is 18.0 Å². The van der Waals surface area contributed by atoms with Gasteiger partial charge in [-0.15, -0.1) is 0 Å². The molecule has 1 N–H and O–H groups in total. The molecule has 1 spiro atoms. The second-order valence-corrected chi connectivity index (χ2v) is 11.1. The van der Waals surface area contributed by atoms with Crippen LogP contribution in [0.2, 0.25) is 5.02 Å². The van der Waals surface area contributed by atoms with Gasteiger partial charge >= 0.3 is 10.2 Å². The van der Waals surface area contributed by atoms with Crippen molar-refractivity contribution in [2.45, 2.75) is 38.3 Å². The molecule has 5 rings (SSSR count). The van der Waals surface area contributed by atoms with Crippen LogP contribution in [-0.4, -0.2) is 47.2 Å². The first kappa shape index (κ1) is 24.2. The fourth-order valence-electron chi connectivity index (χ4n) is 5.01. The molecule has 0 aliphatic carbocycles. The molecule has 2 amide bonds. The van der Waals surface area contributed by atoms with Crippen molar-refractivity contribution in [2.75, 3.05) is 18.0 Å². The second-order valence-electron chi connectivity index (χ2n) is 9.00. The summed E-state index contributed by atoms with van der Waals surface area (Å²) in [5, 5.41) is 9.54. The molecule has 0 radical (unpaired) electrons. The van der Waals surface area contributed by atoms with Crippen LogP contribution in [0.25, 0.3) is 11.0 Å². The van der Waals surface area contributed by atoms with Gasteiger partial charge in [-0.3, -0.25) is 9.59 Å². The molecule has 2 aliphatic rings. The molecule has 186 valence electrons. The monoisotopic (exact) mass is 526 g/mol. The predicted molar refractivity (Wildman–Crippen MR) is 133 cm³/mol.